The van der Waals surface area contributed by atoms with E-state index in [1.165, 1.54) is 6.07 Å². The molecule has 138 valence electrons. The molecule has 1 aliphatic rings. The molecule has 5 nitrogen and oxygen atoms in total. The van der Waals surface area contributed by atoms with Crippen LogP contribution in [0.3, 0.4) is 0 Å². The van der Waals surface area contributed by atoms with Crippen molar-refractivity contribution in [3.05, 3.63) is 69.3 Å². The fourth-order valence-electron chi connectivity index (χ4n) is 3.05. The summed E-state index contributed by atoms with van der Waals surface area (Å²) in [4.78, 5) is 12.3. The molecule has 0 radical (unpaired) electrons. The normalized spacial score (nSPS) is 15.3. The Kier molecular flexibility index (Phi) is 4.81. The number of carbonyl (C=O) groups excluding carboxylic acids is 1. The van der Waals surface area contributed by atoms with Gasteiger partial charge in [0.1, 0.15) is 17.5 Å². The van der Waals surface area contributed by atoms with E-state index in [0.29, 0.717) is 27.1 Å². The molecule has 4 rings (SSSR count). The molecule has 1 aromatic heterocycles. The number of amides is 1. The summed E-state index contributed by atoms with van der Waals surface area (Å²) in [6.45, 7) is 2.27. The van der Waals surface area contributed by atoms with Crippen molar-refractivity contribution in [3.63, 3.8) is 0 Å². The van der Waals surface area contributed by atoms with Crippen LogP contribution in [0.1, 0.15) is 28.5 Å². The molecule has 0 saturated carbocycles. The number of nitrogens with one attached hydrogen (secondary N) is 1. The Hall–Kier alpha value is -2.50. The molecule has 2 aromatic carbocycles. The second-order valence-electron chi connectivity index (χ2n) is 6.44. The molecule has 1 N–H and O–H groups in total. The molecule has 7 heteroatoms. The van der Waals surface area contributed by atoms with Crippen LogP contribution in [-0.4, -0.2) is 17.2 Å². The van der Waals surface area contributed by atoms with Crippen LogP contribution in [0.25, 0.3) is 11.3 Å². The van der Waals surface area contributed by atoms with Crippen molar-refractivity contribution in [1.29, 1.82) is 0 Å². The highest BCUT2D eigenvalue weighted by atomic mass is 35.5. The smallest absolute Gasteiger partial charge is 0.253 e. The molecule has 0 bridgehead atoms. The Morgan fingerprint density at radius 1 is 1.22 bits per heavy atom. The van der Waals surface area contributed by atoms with Crippen LogP contribution in [0.15, 0.2) is 47.0 Å². The Bertz CT molecular complexity index is 1020. The summed E-state index contributed by atoms with van der Waals surface area (Å²) in [5, 5.41) is 7.59. The first-order chi connectivity index (χ1) is 13.0. The van der Waals surface area contributed by atoms with Crippen molar-refractivity contribution in [2.45, 2.75) is 26.0 Å². The van der Waals surface area contributed by atoms with E-state index in [-0.39, 0.29) is 18.6 Å². The number of hydrogen-bond donors (Lipinski definition) is 1. The van der Waals surface area contributed by atoms with E-state index in [1.54, 1.807) is 12.1 Å². The van der Waals surface area contributed by atoms with E-state index in [2.05, 4.69) is 16.5 Å². The molecule has 1 aliphatic heterocycles. The minimum atomic E-state index is -0.301. The first-order valence-corrected chi connectivity index (χ1v) is 9.24. The first-order valence-electron chi connectivity index (χ1n) is 8.48. The van der Waals surface area contributed by atoms with Crippen LogP contribution in [0.2, 0.25) is 10.0 Å². The van der Waals surface area contributed by atoms with Gasteiger partial charge in [0, 0.05) is 23.1 Å². The Balaban J connectivity index is 1.44. The van der Waals surface area contributed by atoms with Crippen LogP contribution in [-0.2, 0) is 13.0 Å². The molecule has 27 heavy (non-hydrogen) atoms. The predicted molar refractivity (Wildman–Crippen MR) is 103 cm³/mol. The number of halogens is 2. The van der Waals surface area contributed by atoms with Crippen molar-refractivity contribution in [2.75, 3.05) is 0 Å². The van der Waals surface area contributed by atoms with Gasteiger partial charge in [0.15, 0.2) is 5.76 Å². The van der Waals surface area contributed by atoms with Crippen LogP contribution in [0.4, 0.5) is 0 Å². The standard InChI is InChI=1S/C20H16Cl2N2O3/c1-11-6-13-7-12(2-5-18(13)26-11)19-9-15(24-27-19)10-23-20(25)16-4-3-14(21)8-17(16)22/h2-5,7-9,11H,6,10H2,1H3,(H,23,25). The van der Waals surface area contributed by atoms with Gasteiger partial charge in [-0.15, -0.1) is 0 Å². The van der Waals surface area contributed by atoms with Crippen molar-refractivity contribution in [2.24, 2.45) is 0 Å². The largest absolute Gasteiger partial charge is 0.490 e. The number of benzene rings is 2. The van der Waals surface area contributed by atoms with Crippen molar-refractivity contribution in [1.82, 2.24) is 10.5 Å². The third-order valence-corrected chi connectivity index (χ3v) is 4.89. The van der Waals surface area contributed by atoms with Crippen LogP contribution in [0, 0.1) is 0 Å². The summed E-state index contributed by atoms with van der Waals surface area (Å²) in [5.41, 5.74) is 3.06. The van der Waals surface area contributed by atoms with Crippen molar-refractivity contribution in [3.8, 4) is 17.1 Å². The highest BCUT2D eigenvalue weighted by molar-refractivity contribution is 6.36. The van der Waals surface area contributed by atoms with Gasteiger partial charge in [-0.25, -0.2) is 0 Å². The maximum atomic E-state index is 12.3. The Morgan fingerprint density at radius 2 is 2.07 bits per heavy atom. The van der Waals surface area contributed by atoms with Crippen molar-refractivity contribution >= 4 is 29.1 Å². The minimum Gasteiger partial charge on any atom is -0.490 e. The quantitative estimate of drug-likeness (QED) is 0.673. The van der Waals surface area contributed by atoms with Gasteiger partial charge < -0.3 is 14.6 Å². The Morgan fingerprint density at radius 3 is 2.89 bits per heavy atom. The number of aromatic nitrogens is 1. The molecule has 0 fully saturated rings. The molecule has 0 aliphatic carbocycles. The summed E-state index contributed by atoms with van der Waals surface area (Å²) in [7, 11) is 0. The molecular formula is C20H16Cl2N2O3. The zero-order chi connectivity index (χ0) is 19.0. The highest BCUT2D eigenvalue weighted by Crippen LogP contribution is 2.33. The third-order valence-electron chi connectivity index (χ3n) is 4.35. The fourth-order valence-corrected chi connectivity index (χ4v) is 3.54. The molecule has 3 aromatic rings. The van der Waals surface area contributed by atoms with E-state index in [1.807, 2.05) is 25.1 Å². The number of fused-ring (bicyclic) bond motifs is 1. The Labute approximate surface area is 166 Å². The summed E-state index contributed by atoms with van der Waals surface area (Å²) in [6, 6.07) is 12.5. The molecular weight excluding hydrogens is 387 g/mol. The molecule has 0 spiro atoms. The number of rotatable bonds is 4. The van der Waals surface area contributed by atoms with Gasteiger partial charge in [0.2, 0.25) is 0 Å². The molecule has 2 heterocycles. The second-order valence-corrected chi connectivity index (χ2v) is 7.29. The summed E-state index contributed by atoms with van der Waals surface area (Å²) in [5.74, 6) is 1.26. The summed E-state index contributed by atoms with van der Waals surface area (Å²) in [6.07, 6.45) is 1.07. The van der Waals surface area contributed by atoms with Crippen LogP contribution < -0.4 is 10.1 Å². The van der Waals surface area contributed by atoms with E-state index in [0.717, 1.165) is 23.3 Å². The van der Waals surface area contributed by atoms with Gasteiger partial charge in [0.05, 0.1) is 17.1 Å². The van der Waals surface area contributed by atoms with E-state index < -0.39 is 0 Å². The average Bonchev–Trinajstić information content (AvgIpc) is 3.24. The van der Waals surface area contributed by atoms with E-state index in [4.69, 9.17) is 32.5 Å². The first kappa shape index (κ1) is 17.9. The lowest BCUT2D eigenvalue weighted by atomic mass is 10.1. The van der Waals surface area contributed by atoms with Gasteiger partial charge in [-0.1, -0.05) is 28.4 Å². The van der Waals surface area contributed by atoms with Gasteiger partial charge in [-0.05, 0) is 48.9 Å². The van der Waals surface area contributed by atoms with E-state index >= 15 is 0 Å². The van der Waals surface area contributed by atoms with Gasteiger partial charge in [-0.2, -0.15) is 0 Å². The number of ether oxygens (including phenoxy) is 1. The lowest BCUT2D eigenvalue weighted by Gasteiger charge is -2.05. The predicted octanol–water partition coefficient (Wildman–Crippen LogP) is 4.90. The maximum absolute atomic E-state index is 12.3. The lowest BCUT2D eigenvalue weighted by molar-refractivity contribution is 0.0950. The summed E-state index contributed by atoms with van der Waals surface area (Å²) < 4.78 is 11.1. The zero-order valence-electron chi connectivity index (χ0n) is 14.5. The SMILES string of the molecule is CC1Cc2cc(-c3cc(CNC(=O)c4ccc(Cl)cc4Cl)no3)ccc2O1. The van der Waals surface area contributed by atoms with E-state index in [9.17, 15) is 4.79 Å². The maximum Gasteiger partial charge on any atom is 0.253 e. The summed E-state index contributed by atoms with van der Waals surface area (Å²) >= 11 is 11.9. The average molecular weight is 403 g/mol. The van der Waals surface area contributed by atoms with Gasteiger partial charge in [-0.3, -0.25) is 4.79 Å². The number of nitrogens with zero attached hydrogens (tertiary/aromatic N) is 1. The molecule has 1 amide bonds. The number of hydrogen-bond acceptors (Lipinski definition) is 4. The minimum absolute atomic E-state index is 0.190. The molecule has 0 saturated heterocycles. The lowest BCUT2D eigenvalue weighted by Crippen LogP contribution is -2.23. The number of carbonyl (C=O) groups is 1. The van der Waals surface area contributed by atoms with Gasteiger partial charge in [0.25, 0.3) is 5.91 Å². The van der Waals surface area contributed by atoms with Crippen LogP contribution >= 0.6 is 23.2 Å². The third kappa shape index (κ3) is 3.80. The fraction of sp³-hybridized carbons (Fsp3) is 0.200. The zero-order valence-corrected chi connectivity index (χ0v) is 16.0. The van der Waals surface area contributed by atoms with Crippen molar-refractivity contribution < 1.29 is 14.1 Å². The monoisotopic (exact) mass is 402 g/mol. The topological polar surface area (TPSA) is 64.4 Å². The second kappa shape index (κ2) is 7.25. The molecule has 1 unspecified atom stereocenters. The van der Waals surface area contributed by atoms with Crippen LogP contribution in [0.5, 0.6) is 5.75 Å². The molecule has 1 atom stereocenters. The van der Waals surface area contributed by atoms with Gasteiger partial charge >= 0.3 is 0 Å². The highest BCUT2D eigenvalue weighted by Gasteiger charge is 2.20.